The smallest absolute Gasteiger partial charge is 0.278 e. The van der Waals surface area contributed by atoms with Crippen LogP contribution in [0.1, 0.15) is 50.7 Å². The van der Waals surface area contributed by atoms with Crippen LogP contribution < -0.4 is 10.6 Å². The average molecular weight is 449 g/mol. The Bertz CT molecular complexity index is 1180. The number of anilines is 1. The predicted octanol–water partition coefficient (Wildman–Crippen LogP) is 3.66. The predicted molar refractivity (Wildman–Crippen MR) is 119 cm³/mol. The summed E-state index contributed by atoms with van der Waals surface area (Å²) in [5, 5.41) is 9.13. The highest BCUT2D eigenvalue weighted by Crippen LogP contribution is 2.31. The van der Waals surface area contributed by atoms with Gasteiger partial charge in [0.15, 0.2) is 5.69 Å². The van der Waals surface area contributed by atoms with Crippen LogP contribution in [-0.4, -0.2) is 34.3 Å². The molecule has 2 aliphatic carbocycles. The van der Waals surface area contributed by atoms with Crippen molar-refractivity contribution in [3.05, 3.63) is 82.3 Å². The number of ketones is 2. The molecule has 1 aromatic heterocycles. The highest BCUT2D eigenvalue weighted by atomic mass is 32.2. The van der Waals surface area contributed by atoms with E-state index < -0.39 is 17.5 Å². The quantitative estimate of drug-likeness (QED) is 0.662. The molecule has 0 bridgehead atoms. The molecule has 0 saturated carbocycles. The minimum absolute atomic E-state index is 0.145. The van der Waals surface area contributed by atoms with E-state index >= 15 is 0 Å². The molecule has 0 saturated heterocycles. The summed E-state index contributed by atoms with van der Waals surface area (Å²) in [6.07, 6.45) is 8.76. The number of hydrogen-bond acceptors (Lipinski definition) is 7. The Morgan fingerprint density at radius 3 is 2.69 bits per heavy atom. The number of rotatable bonds is 7. The van der Waals surface area contributed by atoms with Crippen LogP contribution in [0.25, 0.3) is 0 Å². The first-order chi connectivity index (χ1) is 15.5. The van der Waals surface area contributed by atoms with Gasteiger partial charge in [-0.25, -0.2) is 0 Å². The van der Waals surface area contributed by atoms with Crippen molar-refractivity contribution in [1.82, 2.24) is 10.5 Å². The summed E-state index contributed by atoms with van der Waals surface area (Å²) >= 11 is 1.09. The molecule has 162 valence electrons. The van der Waals surface area contributed by atoms with Gasteiger partial charge in [-0.2, -0.15) is 0 Å². The number of para-hydroxylation sites is 1. The van der Waals surface area contributed by atoms with Crippen LogP contribution in [0, 0.1) is 0 Å². The zero-order chi connectivity index (χ0) is 22.5. The van der Waals surface area contributed by atoms with Crippen molar-refractivity contribution in [2.75, 3.05) is 11.1 Å². The summed E-state index contributed by atoms with van der Waals surface area (Å²) < 4.78 is 4.99. The summed E-state index contributed by atoms with van der Waals surface area (Å²) in [6.45, 7) is 0. The molecular weight excluding hydrogens is 430 g/mol. The molecule has 1 aromatic carbocycles. The van der Waals surface area contributed by atoms with Crippen LogP contribution >= 0.6 is 11.8 Å². The first kappa shape index (κ1) is 21.5. The number of Topliss-reactive ketones (excluding diaryl/α,β-unsaturated/α-hetero) is 1. The Morgan fingerprint density at radius 1 is 1.12 bits per heavy atom. The summed E-state index contributed by atoms with van der Waals surface area (Å²) in [6, 6.07) is 8.66. The van der Waals surface area contributed by atoms with E-state index in [2.05, 4.69) is 15.8 Å². The standard InChI is InChI=1S/C23H19N3O5S/c27-16-13-17(32-12-11-18(28)24-14-7-3-1-4-8-14)21(29)19-20(26-31-22(16)19)23(30)25-15-9-5-2-6-10-15/h1-3,5-7,9-10,13H,4,8,11-12H2,(H,24,28)(H,25,30). The van der Waals surface area contributed by atoms with Gasteiger partial charge in [0.25, 0.3) is 5.91 Å². The van der Waals surface area contributed by atoms with Gasteiger partial charge in [0.2, 0.25) is 23.2 Å². The van der Waals surface area contributed by atoms with Gasteiger partial charge in [-0.1, -0.05) is 35.5 Å². The molecule has 2 aliphatic rings. The molecular formula is C23H19N3O5S. The van der Waals surface area contributed by atoms with Crippen molar-refractivity contribution in [3.63, 3.8) is 0 Å². The maximum absolute atomic E-state index is 13.0. The molecule has 32 heavy (non-hydrogen) atoms. The van der Waals surface area contributed by atoms with E-state index in [1.165, 1.54) is 0 Å². The third-order valence-electron chi connectivity index (χ3n) is 4.78. The monoisotopic (exact) mass is 449 g/mol. The third-order valence-corrected chi connectivity index (χ3v) is 5.80. The van der Waals surface area contributed by atoms with Crippen molar-refractivity contribution < 1.29 is 23.7 Å². The molecule has 0 radical (unpaired) electrons. The molecule has 2 N–H and O–H groups in total. The van der Waals surface area contributed by atoms with Crippen molar-refractivity contribution in [2.45, 2.75) is 19.3 Å². The van der Waals surface area contributed by atoms with Crippen LogP contribution in [-0.2, 0) is 4.79 Å². The number of allylic oxidation sites excluding steroid dienone is 6. The van der Waals surface area contributed by atoms with Crippen LogP contribution in [0.4, 0.5) is 5.69 Å². The minimum Gasteiger partial charge on any atom is -0.351 e. The van der Waals surface area contributed by atoms with Crippen LogP contribution in [0.5, 0.6) is 0 Å². The lowest BCUT2D eigenvalue weighted by atomic mass is 9.99. The zero-order valence-corrected chi connectivity index (χ0v) is 17.7. The lowest BCUT2D eigenvalue weighted by Gasteiger charge is -2.12. The maximum atomic E-state index is 13.0. The highest BCUT2D eigenvalue weighted by molar-refractivity contribution is 8.04. The fourth-order valence-corrected chi connectivity index (χ4v) is 4.15. The van der Waals surface area contributed by atoms with Gasteiger partial charge in [0, 0.05) is 29.6 Å². The van der Waals surface area contributed by atoms with Gasteiger partial charge in [-0.15, -0.1) is 11.8 Å². The van der Waals surface area contributed by atoms with E-state index in [1.54, 1.807) is 30.3 Å². The normalized spacial score (nSPS) is 15.0. The van der Waals surface area contributed by atoms with E-state index in [1.807, 2.05) is 18.2 Å². The number of carbonyl (C=O) groups excluding carboxylic acids is 4. The van der Waals surface area contributed by atoms with Gasteiger partial charge in [0.05, 0.1) is 4.91 Å². The zero-order valence-electron chi connectivity index (χ0n) is 16.9. The molecule has 1 heterocycles. The summed E-state index contributed by atoms with van der Waals surface area (Å²) in [5.74, 6) is -1.84. The minimum atomic E-state index is -0.650. The van der Waals surface area contributed by atoms with Crippen LogP contribution in [0.2, 0.25) is 0 Å². The summed E-state index contributed by atoms with van der Waals surface area (Å²) in [7, 11) is 0. The molecule has 0 fully saturated rings. The van der Waals surface area contributed by atoms with E-state index in [9.17, 15) is 19.2 Å². The second-order valence-corrected chi connectivity index (χ2v) is 8.20. The molecule has 0 unspecified atom stereocenters. The fraction of sp³-hybridized carbons (Fsp3) is 0.174. The number of nitrogens with one attached hydrogen (secondary N) is 2. The van der Waals surface area contributed by atoms with E-state index in [-0.39, 0.29) is 34.3 Å². The first-order valence-corrected chi connectivity index (χ1v) is 11.0. The van der Waals surface area contributed by atoms with Gasteiger partial charge in [-0.05, 0) is 31.1 Å². The van der Waals surface area contributed by atoms with E-state index in [4.69, 9.17) is 4.52 Å². The van der Waals surface area contributed by atoms with Crippen molar-refractivity contribution in [3.8, 4) is 0 Å². The van der Waals surface area contributed by atoms with Crippen LogP contribution in [0.3, 0.4) is 0 Å². The topological polar surface area (TPSA) is 118 Å². The molecule has 0 spiro atoms. The van der Waals surface area contributed by atoms with Gasteiger partial charge in [-0.3, -0.25) is 19.2 Å². The average Bonchev–Trinajstić information content (AvgIpc) is 3.25. The number of aromatic nitrogens is 1. The number of benzene rings is 1. The molecule has 9 heteroatoms. The van der Waals surface area contributed by atoms with Gasteiger partial charge < -0.3 is 15.2 Å². The Kier molecular flexibility index (Phi) is 6.46. The van der Waals surface area contributed by atoms with Crippen molar-refractivity contribution in [1.29, 1.82) is 0 Å². The Morgan fingerprint density at radius 2 is 1.94 bits per heavy atom. The van der Waals surface area contributed by atoms with E-state index in [0.717, 1.165) is 36.4 Å². The molecule has 2 amide bonds. The lowest BCUT2D eigenvalue weighted by Crippen LogP contribution is -2.24. The Balaban J connectivity index is 1.40. The number of hydrogen-bond donors (Lipinski definition) is 2. The summed E-state index contributed by atoms with van der Waals surface area (Å²) in [5.41, 5.74) is 0.970. The van der Waals surface area contributed by atoms with Crippen LogP contribution in [0.15, 0.2) is 69.8 Å². The van der Waals surface area contributed by atoms with Crippen molar-refractivity contribution >= 4 is 40.8 Å². The highest BCUT2D eigenvalue weighted by Gasteiger charge is 2.36. The number of amides is 2. The van der Waals surface area contributed by atoms with Gasteiger partial charge in [0.1, 0.15) is 5.56 Å². The molecule has 4 rings (SSSR count). The Labute approximate surface area is 187 Å². The number of nitrogens with zero attached hydrogens (tertiary/aromatic N) is 1. The van der Waals surface area contributed by atoms with Crippen molar-refractivity contribution in [2.24, 2.45) is 0 Å². The molecule has 8 nitrogen and oxygen atoms in total. The first-order valence-electron chi connectivity index (χ1n) is 9.98. The second kappa shape index (κ2) is 9.61. The number of carbonyl (C=O) groups is 4. The number of thioether (sulfide) groups is 1. The molecule has 0 aliphatic heterocycles. The molecule has 0 atom stereocenters. The molecule has 2 aromatic rings. The lowest BCUT2D eigenvalue weighted by molar-refractivity contribution is -0.120. The maximum Gasteiger partial charge on any atom is 0.278 e. The van der Waals surface area contributed by atoms with Gasteiger partial charge >= 0.3 is 0 Å². The van der Waals surface area contributed by atoms with E-state index in [0.29, 0.717) is 11.4 Å². The SMILES string of the molecule is O=C(CCSC1=CC(=O)c2onc(C(=O)Nc3ccccc3)c2C1=O)NC1=CC=CCC1. The second-order valence-electron chi connectivity index (χ2n) is 7.06. The largest absolute Gasteiger partial charge is 0.351 e. The third kappa shape index (κ3) is 4.78. The number of fused-ring (bicyclic) bond motifs is 1. The fourth-order valence-electron chi connectivity index (χ4n) is 3.22. The summed E-state index contributed by atoms with van der Waals surface area (Å²) in [4.78, 5) is 50.2. The Hall–Kier alpha value is -3.72.